The SMILES string of the molecule is CC/C(=C/C1(SC)CC1)CCl. The van der Waals surface area contributed by atoms with Crippen LogP contribution in [0, 0.1) is 0 Å². The smallest absolute Gasteiger partial charge is 0.0433 e. The van der Waals surface area contributed by atoms with Gasteiger partial charge in [0.1, 0.15) is 0 Å². The van der Waals surface area contributed by atoms with E-state index in [0.717, 1.165) is 6.42 Å². The Bertz CT molecular complexity index is 153. The van der Waals surface area contributed by atoms with Gasteiger partial charge in [-0.1, -0.05) is 18.6 Å². The van der Waals surface area contributed by atoms with E-state index in [0.29, 0.717) is 10.6 Å². The monoisotopic (exact) mass is 190 g/mol. The highest BCUT2D eigenvalue weighted by Gasteiger charge is 2.39. The molecule has 0 aromatic carbocycles. The molecule has 1 aliphatic rings. The number of hydrogen-bond donors (Lipinski definition) is 0. The molecule has 64 valence electrons. The molecule has 2 heteroatoms. The van der Waals surface area contributed by atoms with E-state index in [4.69, 9.17) is 11.6 Å². The van der Waals surface area contributed by atoms with E-state index >= 15 is 0 Å². The third kappa shape index (κ3) is 2.41. The number of allylic oxidation sites excluding steroid dienone is 1. The van der Waals surface area contributed by atoms with Gasteiger partial charge in [0, 0.05) is 10.6 Å². The molecule has 0 atom stereocenters. The van der Waals surface area contributed by atoms with Gasteiger partial charge >= 0.3 is 0 Å². The lowest BCUT2D eigenvalue weighted by atomic mass is 10.2. The fraction of sp³-hybridized carbons (Fsp3) is 0.778. The number of hydrogen-bond acceptors (Lipinski definition) is 1. The van der Waals surface area contributed by atoms with Crippen molar-refractivity contribution in [3.05, 3.63) is 11.6 Å². The molecule has 0 aliphatic heterocycles. The number of rotatable bonds is 4. The van der Waals surface area contributed by atoms with E-state index in [-0.39, 0.29) is 0 Å². The molecule has 0 heterocycles. The highest BCUT2D eigenvalue weighted by Crippen LogP contribution is 2.49. The summed E-state index contributed by atoms with van der Waals surface area (Å²) in [7, 11) is 0. The van der Waals surface area contributed by atoms with Gasteiger partial charge in [-0.05, 0) is 25.5 Å². The lowest BCUT2D eigenvalue weighted by molar-refractivity contribution is 1.05. The van der Waals surface area contributed by atoms with Gasteiger partial charge in [-0.2, -0.15) is 11.8 Å². The van der Waals surface area contributed by atoms with E-state index in [1.807, 2.05) is 11.8 Å². The molecule has 1 rings (SSSR count). The maximum Gasteiger partial charge on any atom is 0.0433 e. The van der Waals surface area contributed by atoms with Crippen LogP contribution in [0.5, 0.6) is 0 Å². The lowest BCUT2D eigenvalue weighted by Crippen LogP contribution is -1.98. The first-order chi connectivity index (χ1) is 5.26. The molecule has 0 amide bonds. The minimum Gasteiger partial charge on any atom is -0.154 e. The zero-order valence-corrected chi connectivity index (χ0v) is 8.76. The molecule has 0 saturated heterocycles. The van der Waals surface area contributed by atoms with Crippen LogP contribution in [-0.2, 0) is 0 Å². The van der Waals surface area contributed by atoms with Crippen LogP contribution in [0.15, 0.2) is 11.6 Å². The standard InChI is InChI=1S/C9H15ClS/c1-3-8(7-10)6-9(11-2)4-5-9/h6H,3-5,7H2,1-2H3/b8-6-. The normalized spacial score (nSPS) is 21.9. The third-order valence-corrected chi connectivity index (χ3v) is 3.92. The lowest BCUT2D eigenvalue weighted by Gasteiger charge is -2.07. The van der Waals surface area contributed by atoms with Crippen molar-refractivity contribution >= 4 is 23.4 Å². The summed E-state index contributed by atoms with van der Waals surface area (Å²) in [5, 5.41) is 0. The minimum absolute atomic E-state index is 0.486. The predicted octanol–water partition coefficient (Wildman–Crippen LogP) is 3.46. The van der Waals surface area contributed by atoms with Crippen molar-refractivity contribution in [2.45, 2.75) is 30.9 Å². The fourth-order valence-electron chi connectivity index (χ4n) is 1.14. The zero-order chi connectivity index (χ0) is 8.32. The Hall–Kier alpha value is 0.380. The molecule has 0 aromatic heterocycles. The summed E-state index contributed by atoms with van der Waals surface area (Å²) in [5.41, 5.74) is 1.40. The maximum absolute atomic E-state index is 5.78. The molecule has 1 saturated carbocycles. The van der Waals surface area contributed by atoms with Crippen molar-refractivity contribution in [3.63, 3.8) is 0 Å². The maximum atomic E-state index is 5.78. The van der Waals surface area contributed by atoms with Gasteiger partial charge in [-0.25, -0.2) is 0 Å². The Kier molecular flexibility index (Phi) is 3.32. The molecule has 0 unspecified atom stereocenters. The summed E-state index contributed by atoms with van der Waals surface area (Å²) in [5.74, 6) is 0.707. The van der Waals surface area contributed by atoms with E-state index in [2.05, 4.69) is 19.3 Å². The summed E-state index contributed by atoms with van der Waals surface area (Å²) < 4.78 is 0.486. The molecule has 1 fully saturated rings. The molecule has 0 aromatic rings. The van der Waals surface area contributed by atoms with Crippen molar-refractivity contribution in [2.75, 3.05) is 12.1 Å². The highest BCUT2D eigenvalue weighted by molar-refractivity contribution is 8.00. The quantitative estimate of drug-likeness (QED) is 0.484. The van der Waals surface area contributed by atoms with Gasteiger partial charge in [-0.3, -0.25) is 0 Å². The summed E-state index contributed by atoms with van der Waals surface area (Å²) >= 11 is 7.74. The molecule has 0 N–H and O–H groups in total. The van der Waals surface area contributed by atoms with Crippen LogP contribution in [0.25, 0.3) is 0 Å². The predicted molar refractivity (Wildman–Crippen MR) is 54.6 cm³/mol. The van der Waals surface area contributed by atoms with Crippen LogP contribution in [0.2, 0.25) is 0 Å². The van der Waals surface area contributed by atoms with Crippen molar-refractivity contribution in [2.24, 2.45) is 0 Å². The highest BCUT2D eigenvalue weighted by atomic mass is 35.5. The summed E-state index contributed by atoms with van der Waals surface area (Å²) in [6.07, 6.45) is 8.35. The topological polar surface area (TPSA) is 0 Å². The second-order valence-electron chi connectivity index (χ2n) is 3.06. The number of halogens is 1. The second-order valence-corrected chi connectivity index (χ2v) is 4.55. The van der Waals surface area contributed by atoms with Crippen LogP contribution in [0.1, 0.15) is 26.2 Å². The Labute approximate surface area is 78.4 Å². The zero-order valence-electron chi connectivity index (χ0n) is 7.19. The minimum atomic E-state index is 0.486. The van der Waals surface area contributed by atoms with E-state index in [9.17, 15) is 0 Å². The first kappa shape index (κ1) is 9.47. The van der Waals surface area contributed by atoms with Crippen LogP contribution in [0.4, 0.5) is 0 Å². The molecular weight excluding hydrogens is 176 g/mol. The molecule has 0 radical (unpaired) electrons. The average molecular weight is 191 g/mol. The molecule has 0 nitrogen and oxygen atoms in total. The van der Waals surface area contributed by atoms with E-state index in [1.54, 1.807) is 0 Å². The van der Waals surface area contributed by atoms with Gasteiger partial charge < -0.3 is 0 Å². The van der Waals surface area contributed by atoms with E-state index in [1.165, 1.54) is 18.4 Å². The van der Waals surface area contributed by atoms with Crippen molar-refractivity contribution in [1.29, 1.82) is 0 Å². The van der Waals surface area contributed by atoms with Gasteiger partial charge in [0.05, 0.1) is 0 Å². The van der Waals surface area contributed by atoms with Gasteiger partial charge in [-0.15, -0.1) is 11.6 Å². The van der Waals surface area contributed by atoms with Crippen LogP contribution >= 0.6 is 23.4 Å². The third-order valence-electron chi connectivity index (χ3n) is 2.24. The van der Waals surface area contributed by atoms with Crippen molar-refractivity contribution in [1.82, 2.24) is 0 Å². The average Bonchev–Trinajstić information content (AvgIpc) is 2.81. The molecular formula is C9H15ClS. The summed E-state index contributed by atoms with van der Waals surface area (Å²) in [4.78, 5) is 0. The van der Waals surface area contributed by atoms with Gasteiger partial charge in [0.25, 0.3) is 0 Å². The first-order valence-electron chi connectivity index (χ1n) is 4.08. The second kappa shape index (κ2) is 3.86. The van der Waals surface area contributed by atoms with Crippen molar-refractivity contribution in [3.8, 4) is 0 Å². The molecule has 1 aliphatic carbocycles. The van der Waals surface area contributed by atoms with Crippen LogP contribution in [0.3, 0.4) is 0 Å². The van der Waals surface area contributed by atoms with Crippen LogP contribution < -0.4 is 0 Å². The Balaban J connectivity index is 2.54. The summed E-state index contributed by atoms with van der Waals surface area (Å²) in [6, 6.07) is 0. The number of thioether (sulfide) groups is 1. The molecule has 0 bridgehead atoms. The molecule has 11 heavy (non-hydrogen) atoms. The van der Waals surface area contributed by atoms with Crippen molar-refractivity contribution < 1.29 is 0 Å². The van der Waals surface area contributed by atoms with Gasteiger partial charge in [0.15, 0.2) is 0 Å². The fourth-order valence-corrected chi connectivity index (χ4v) is 2.20. The Morgan fingerprint density at radius 3 is 2.55 bits per heavy atom. The Morgan fingerprint density at radius 2 is 2.27 bits per heavy atom. The number of alkyl halides is 1. The van der Waals surface area contributed by atoms with Crippen LogP contribution in [-0.4, -0.2) is 16.9 Å². The Morgan fingerprint density at radius 1 is 1.64 bits per heavy atom. The van der Waals surface area contributed by atoms with E-state index < -0.39 is 0 Å². The largest absolute Gasteiger partial charge is 0.154 e. The first-order valence-corrected chi connectivity index (χ1v) is 5.84. The van der Waals surface area contributed by atoms with Gasteiger partial charge in [0.2, 0.25) is 0 Å². The molecule has 0 spiro atoms. The summed E-state index contributed by atoms with van der Waals surface area (Å²) in [6.45, 7) is 2.17.